The molecule has 2 aromatic rings. The summed E-state index contributed by atoms with van der Waals surface area (Å²) in [6.45, 7) is 1.56. The summed E-state index contributed by atoms with van der Waals surface area (Å²) in [5.74, 6) is -0.544. The molecule has 0 aromatic carbocycles. The quantitative estimate of drug-likeness (QED) is 0.702. The average Bonchev–Trinajstić information content (AvgIpc) is 2.82. The fourth-order valence-corrected chi connectivity index (χ4v) is 2.65. The van der Waals surface area contributed by atoms with E-state index in [1.54, 1.807) is 13.0 Å². The second-order valence-corrected chi connectivity index (χ2v) is 6.41. The molecular formula is C12H13N7O4S. The number of nitrogens with zero attached hydrogens (tertiary/aromatic N) is 5. The lowest BCUT2D eigenvalue weighted by Gasteiger charge is -2.09. The molecule has 0 atom stereocenters. The fraction of sp³-hybridized carbons (Fsp3) is 0.250. The minimum absolute atomic E-state index is 0.132. The predicted molar refractivity (Wildman–Crippen MR) is 83.6 cm³/mol. The molecule has 12 heteroatoms. The van der Waals surface area contributed by atoms with E-state index >= 15 is 0 Å². The second-order valence-electron chi connectivity index (χ2n) is 4.69. The highest BCUT2D eigenvalue weighted by Gasteiger charge is 2.18. The van der Waals surface area contributed by atoms with E-state index in [1.165, 1.54) is 23.9 Å². The molecule has 0 fully saturated rings. The van der Waals surface area contributed by atoms with Crippen LogP contribution in [-0.4, -0.2) is 45.3 Å². The van der Waals surface area contributed by atoms with E-state index in [0.717, 1.165) is 0 Å². The van der Waals surface area contributed by atoms with E-state index in [-0.39, 0.29) is 17.2 Å². The van der Waals surface area contributed by atoms with Crippen molar-refractivity contribution in [2.75, 3.05) is 15.8 Å². The Morgan fingerprint density at radius 3 is 2.75 bits per heavy atom. The fourth-order valence-electron chi connectivity index (χ4n) is 1.86. The first-order chi connectivity index (χ1) is 11.2. The smallest absolute Gasteiger partial charge is 0.410 e. The molecule has 0 unspecified atom stereocenters. The standard InChI is InChI=1S/C12H13N7O4S/c1-7-8(17-24(22,23)6-5-13)3-4-9(14-7)10-11(15-12(20)21)19(2)18-16-10/h3-4,15,17H,6H2,1-2H3,(H,20,21). The van der Waals surface area contributed by atoms with Crippen LogP contribution in [0.4, 0.5) is 16.3 Å². The van der Waals surface area contributed by atoms with Gasteiger partial charge in [-0.2, -0.15) is 5.26 Å². The van der Waals surface area contributed by atoms with Crippen LogP contribution in [-0.2, 0) is 17.1 Å². The molecule has 126 valence electrons. The molecule has 0 aliphatic heterocycles. The molecule has 0 aliphatic rings. The number of rotatable bonds is 5. The minimum atomic E-state index is -3.78. The number of pyridine rings is 1. The highest BCUT2D eigenvalue weighted by atomic mass is 32.2. The average molecular weight is 351 g/mol. The van der Waals surface area contributed by atoms with Gasteiger partial charge in [0.05, 0.1) is 23.1 Å². The number of carboxylic acid groups (broad SMARTS) is 1. The number of sulfonamides is 1. The van der Waals surface area contributed by atoms with Crippen LogP contribution in [0.5, 0.6) is 0 Å². The van der Waals surface area contributed by atoms with E-state index in [2.05, 4.69) is 25.3 Å². The molecule has 0 saturated carbocycles. The number of amides is 1. The summed E-state index contributed by atoms with van der Waals surface area (Å²) in [4.78, 5) is 15.0. The van der Waals surface area contributed by atoms with Crippen molar-refractivity contribution in [2.24, 2.45) is 7.05 Å². The van der Waals surface area contributed by atoms with Crippen LogP contribution in [0, 0.1) is 18.3 Å². The largest absolute Gasteiger partial charge is 0.465 e. The van der Waals surface area contributed by atoms with Crippen LogP contribution >= 0.6 is 0 Å². The Hall–Kier alpha value is -3.20. The first kappa shape index (κ1) is 17.2. The lowest BCUT2D eigenvalue weighted by atomic mass is 10.2. The summed E-state index contributed by atoms with van der Waals surface area (Å²) in [6, 6.07) is 4.47. The Bertz CT molecular complexity index is 929. The van der Waals surface area contributed by atoms with Crippen molar-refractivity contribution in [3.05, 3.63) is 17.8 Å². The van der Waals surface area contributed by atoms with Crippen molar-refractivity contribution in [2.45, 2.75) is 6.92 Å². The Kier molecular flexibility index (Phi) is 4.65. The number of hydrogen-bond acceptors (Lipinski definition) is 7. The first-order valence-corrected chi connectivity index (χ1v) is 8.14. The Morgan fingerprint density at radius 1 is 1.46 bits per heavy atom. The zero-order valence-electron chi connectivity index (χ0n) is 12.7. The molecule has 0 radical (unpaired) electrons. The molecule has 1 amide bonds. The van der Waals surface area contributed by atoms with Gasteiger partial charge in [-0.3, -0.25) is 10.0 Å². The minimum Gasteiger partial charge on any atom is -0.465 e. The maximum Gasteiger partial charge on any atom is 0.410 e. The van der Waals surface area contributed by atoms with Gasteiger partial charge >= 0.3 is 6.09 Å². The molecule has 2 aromatic heterocycles. The summed E-state index contributed by atoms with van der Waals surface area (Å²) in [5.41, 5.74) is 1.06. The predicted octanol–water partition coefficient (Wildman–Crippen LogP) is 0.541. The van der Waals surface area contributed by atoms with Crippen LogP contribution in [0.15, 0.2) is 12.1 Å². The third kappa shape index (κ3) is 3.76. The molecule has 0 saturated heterocycles. The van der Waals surface area contributed by atoms with Crippen molar-refractivity contribution in [3.63, 3.8) is 0 Å². The number of aryl methyl sites for hydroxylation is 2. The van der Waals surface area contributed by atoms with Crippen LogP contribution in [0.2, 0.25) is 0 Å². The Morgan fingerprint density at radius 2 is 2.17 bits per heavy atom. The van der Waals surface area contributed by atoms with E-state index in [0.29, 0.717) is 11.4 Å². The zero-order chi connectivity index (χ0) is 17.9. The molecular weight excluding hydrogens is 338 g/mol. The van der Waals surface area contributed by atoms with Crippen molar-refractivity contribution in [1.82, 2.24) is 20.0 Å². The van der Waals surface area contributed by atoms with Gasteiger partial charge in [-0.1, -0.05) is 5.21 Å². The van der Waals surface area contributed by atoms with Gasteiger partial charge in [0, 0.05) is 7.05 Å². The van der Waals surface area contributed by atoms with Crippen molar-refractivity contribution < 1.29 is 18.3 Å². The third-order valence-corrected chi connectivity index (χ3v) is 3.94. The van der Waals surface area contributed by atoms with Crippen molar-refractivity contribution in [1.29, 1.82) is 5.26 Å². The van der Waals surface area contributed by atoms with Gasteiger partial charge in [-0.05, 0) is 19.1 Å². The van der Waals surface area contributed by atoms with Gasteiger partial charge in [-0.25, -0.2) is 22.9 Å². The normalized spacial score (nSPS) is 10.9. The van der Waals surface area contributed by atoms with Crippen molar-refractivity contribution >= 4 is 27.6 Å². The molecule has 3 N–H and O–H groups in total. The number of nitrogens with one attached hydrogen (secondary N) is 2. The molecule has 2 heterocycles. The molecule has 2 rings (SSSR count). The molecule has 11 nitrogen and oxygen atoms in total. The first-order valence-electron chi connectivity index (χ1n) is 6.48. The van der Waals surface area contributed by atoms with Gasteiger partial charge in [0.2, 0.25) is 10.0 Å². The summed E-state index contributed by atoms with van der Waals surface area (Å²) >= 11 is 0. The van der Waals surface area contributed by atoms with E-state index < -0.39 is 21.9 Å². The number of aromatic nitrogens is 4. The maximum absolute atomic E-state index is 11.6. The number of carbonyl (C=O) groups is 1. The molecule has 0 aliphatic carbocycles. The summed E-state index contributed by atoms with van der Waals surface area (Å²) in [7, 11) is -2.26. The number of hydrogen-bond donors (Lipinski definition) is 3. The van der Waals surface area contributed by atoms with E-state index in [9.17, 15) is 13.2 Å². The Labute approximate surface area is 137 Å². The number of nitriles is 1. The third-order valence-electron chi connectivity index (χ3n) is 2.90. The highest BCUT2D eigenvalue weighted by molar-refractivity contribution is 7.92. The van der Waals surface area contributed by atoms with E-state index in [1.807, 2.05) is 0 Å². The van der Waals surface area contributed by atoms with Crippen molar-refractivity contribution in [3.8, 4) is 17.5 Å². The summed E-state index contributed by atoms with van der Waals surface area (Å²) in [6.07, 6.45) is -1.28. The molecule has 0 bridgehead atoms. The summed E-state index contributed by atoms with van der Waals surface area (Å²) in [5, 5.41) is 27.1. The second kappa shape index (κ2) is 6.50. The maximum atomic E-state index is 11.6. The lowest BCUT2D eigenvalue weighted by Crippen LogP contribution is -2.16. The SMILES string of the molecule is Cc1nc(-c2nnn(C)c2NC(=O)O)ccc1NS(=O)(=O)CC#N. The van der Waals surface area contributed by atoms with Gasteiger partial charge < -0.3 is 5.11 Å². The zero-order valence-corrected chi connectivity index (χ0v) is 13.5. The van der Waals surface area contributed by atoms with Gasteiger partial charge in [0.25, 0.3) is 0 Å². The topological polar surface area (TPSA) is 163 Å². The number of anilines is 2. The summed E-state index contributed by atoms with van der Waals surface area (Å²) < 4.78 is 26.7. The van der Waals surface area contributed by atoms with Crippen LogP contribution in [0.25, 0.3) is 11.4 Å². The monoisotopic (exact) mass is 351 g/mol. The lowest BCUT2D eigenvalue weighted by molar-refractivity contribution is 0.209. The highest BCUT2D eigenvalue weighted by Crippen LogP contribution is 2.26. The van der Waals surface area contributed by atoms with E-state index in [4.69, 9.17) is 10.4 Å². The van der Waals surface area contributed by atoms with Gasteiger partial charge in [0.1, 0.15) is 0 Å². The van der Waals surface area contributed by atoms with Gasteiger partial charge in [0.15, 0.2) is 17.3 Å². The van der Waals surface area contributed by atoms with Gasteiger partial charge in [-0.15, -0.1) is 5.10 Å². The van der Waals surface area contributed by atoms with Crippen LogP contribution in [0.1, 0.15) is 5.69 Å². The molecule has 24 heavy (non-hydrogen) atoms. The van der Waals surface area contributed by atoms with Crippen LogP contribution < -0.4 is 10.0 Å². The molecule has 0 spiro atoms. The Balaban J connectivity index is 2.38. The van der Waals surface area contributed by atoms with Crippen LogP contribution in [0.3, 0.4) is 0 Å².